The molecule has 35 heavy (non-hydrogen) atoms. The van der Waals surface area contributed by atoms with E-state index in [0.29, 0.717) is 23.2 Å². The maximum Gasteiger partial charge on any atom is 0.326 e. The fourth-order valence-corrected chi connectivity index (χ4v) is 5.59. The van der Waals surface area contributed by atoms with Crippen LogP contribution >= 0.6 is 11.6 Å². The van der Waals surface area contributed by atoms with Crippen LogP contribution in [-0.2, 0) is 0 Å². The van der Waals surface area contributed by atoms with E-state index in [1.807, 2.05) is 31.2 Å². The smallest absolute Gasteiger partial charge is 0.326 e. The highest BCUT2D eigenvalue weighted by atomic mass is 35.5. The number of carbonyl (C=O) groups excluding carboxylic acids is 1. The number of hydrogen-bond donors (Lipinski definition) is 1. The van der Waals surface area contributed by atoms with Gasteiger partial charge in [-0.15, -0.1) is 0 Å². The molecule has 3 aromatic carbocycles. The van der Waals surface area contributed by atoms with Gasteiger partial charge in [-0.1, -0.05) is 67.4 Å². The molecule has 2 amide bonds. The Balaban J connectivity index is 1.34. The summed E-state index contributed by atoms with van der Waals surface area (Å²) in [4.78, 5) is 14.8. The van der Waals surface area contributed by atoms with Gasteiger partial charge >= 0.3 is 6.03 Å². The number of amides is 2. The lowest BCUT2D eigenvalue weighted by atomic mass is 9.77. The van der Waals surface area contributed by atoms with E-state index in [4.69, 9.17) is 16.3 Å². The van der Waals surface area contributed by atoms with E-state index in [1.165, 1.54) is 37.7 Å². The second-order valence-electron chi connectivity index (χ2n) is 9.88. The number of urea groups is 1. The molecule has 1 atom stereocenters. The van der Waals surface area contributed by atoms with Crippen LogP contribution in [0, 0.1) is 5.92 Å². The van der Waals surface area contributed by atoms with Crippen molar-refractivity contribution in [2.24, 2.45) is 5.92 Å². The van der Waals surface area contributed by atoms with Gasteiger partial charge in [0.25, 0.3) is 0 Å². The van der Waals surface area contributed by atoms with Crippen LogP contribution in [0.1, 0.15) is 57.4 Å². The third kappa shape index (κ3) is 5.18. The number of benzene rings is 3. The molecule has 1 heterocycles. The van der Waals surface area contributed by atoms with Crippen molar-refractivity contribution in [3.8, 4) is 16.9 Å². The third-order valence-electron chi connectivity index (χ3n) is 7.52. The summed E-state index contributed by atoms with van der Waals surface area (Å²) < 4.78 is 6.14. The minimum absolute atomic E-state index is 0.115. The van der Waals surface area contributed by atoms with Crippen molar-refractivity contribution in [2.75, 3.05) is 16.8 Å². The fourth-order valence-electron chi connectivity index (χ4n) is 5.41. The van der Waals surface area contributed by atoms with Gasteiger partial charge in [0.15, 0.2) is 0 Å². The van der Waals surface area contributed by atoms with Crippen LogP contribution in [0.4, 0.5) is 16.2 Å². The predicted molar refractivity (Wildman–Crippen MR) is 145 cm³/mol. The number of nitrogens with one attached hydrogen (secondary N) is 1. The number of para-hydroxylation sites is 1. The van der Waals surface area contributed by atoms with Crippen LogP contribution in [0.25, 0.3) is 11.1 Å². The lowest BCUT2D eigenvalue weighted by Gasteiger charge is -2.33. The molecule has 1 unspecified atom stereocenters. The molecule has 1 fully saturated rings. The average molecular weight is 489 g/mol. The van der Waals surface area contributed by atoms with Crippen LogP contribution in [0.5, 0.6) is 5.75 Å². The highest BCUT2D eigenvalue weighted by Gasteiger charge is 2.28. The second kappa shape index (κ2) is 10.3. The van der Waals surface area contributed by atoms with E-state index in [0.717, 1.165) is 28.5 Å². The van der Waals surface area contributed by atoms with Crippen LogP contribution < -0.4 is 15.0 Å². The number of ether oxygens (including phenoxy) is 1. The molecule has 0 aromatic heterocycles. The molecule has 182 valence electrons. The normalized spacial score (nSPS) is 21.7. The molecule has 0 radical (unpaired) electrons. The Morgan fingerprint density at radius 2 is 1.71 bits per heavy atom. The summed E-state index contributed by atoms with van der Waals surface area (Å²) in [6.07, 6.45) is 6.50. The molecule has 5 rings (SSSR count). The zero-order valence-electron chi connectivity index (χ0n) is 20.5. The molecule has 1 saturated carbocycles. The minimum Gasteiger partial charge on any atom is -0.487 e. The summed E-state index contributed by atoms with van der Waals surface area (Å²) in [5.41, 5.74) is 5.06. The van der Waals surface area contributed by atoms with Gasteiger partial charge in [-0.05, 0) is 85.4 Å². The van der Waals surface area contributed by atoms with Crippen LogP contribution in [0.2, 0.25) is 5.02 Å². The maximum atomic E-state index is 13.1. The number of rotatable bonds is 4. The van der Waals surface area contributed by atoms with Crippen LogP contribution in [0.3, 0.4) is 0 Å². The van der Waals surface area contributed by atoms with Crippen molar-refractivity contribution in [1.29, 1.82) is 0 Å². The molecule has 1 N–H and O–H groups in total. The van der Waals surface area contributed by atoms with E-state index in [2.05, 4.69) is 42.6 Å². The number of carbonyl (C=O) groups is 1. The fraction of sp³-hybridized carbons (Fsp3) is 0.367. The molecule has 1 aliphatic heterocycles. The molecule has 0 saturated heterocycles. The van der Waals surface area contributed by atoms with E-state index in [-0.39, 0.29) is 12.1 Å². The topological polar surface area (TPSA) is 41.6 Å². The maximum absolute atomic E-state index is 13.1. The molecule has 5 heteroatoms. The molecule has 4 nitrogen and oxygen atoms in total. The summed E-state index contributed by atoms with van der Waals surface area (Å²) in [5.74, 6) is 2.32. The summed E-state index contributed by atoms with van der Waals surface area (Å²) in [5, 5.41) is 3.44. The molecule has 1 aliphatic carbocycles. The Kier molecular flexibility index (Phi) is 7.01. The Morgan fingerprint density at radius 3 is 2.43 bits per heavy atom. The quantitative estimate of drug-likeness (QED) is 0.399. The third-order valence-corrected chi connectivity index (χ3v) is 7.85. The van der Waals surface area contributed by atoms with E-state index < -0.39 is 0 Å². The Bertz CT molecular complexity index is 1190. The summed E-state index contributed by atoms with van der Waals surface area (Å²) in [7, 11) is 0. The molecule has 3 aromatic rings. The SMILES string of the molecule is CCC1CCC(c2ccc(-c3ccc4c(c3)OC(C)CN4C(=O)Nc3ccccc3Cl)cc2)CC1. The van der Waals surface area contributed by atoms with Crippen molar-refractivity contribution in [3.63, 3.8) is 0 Å². The molecule has 0 bridgehead atoms. The average Bonchev–Trinajstić information content (AvgIpc) is 2.89. The van der Waals surface area contributed by atoms with Gasteiger partial charge in [0.1, 0.15) is 11.9 Å². The lowest BCUT2D eigenvalue weighted by Crippen LogP contribution is -2.44. The predicted octanol–water partition coefficient (Wildman–Crippen LogP) is 8.51. The standard InChI is InChI=1S/C30H33ClN2O2/c1-3-21-8-10-22(11-9-21)23-12-14-24(15-13-23)25-16-17-28-29(18-25)35-20(2)19-33(28)30(34)32-27-7-5-4-6-26(27)31/h4-7,12-18,20-22H,3,8-11,19H2,1-2H3,(H,32,34). The monoisotopic (exact) mass is 488 g/mol. The van der Waals surface area contributed by atoms with Crippen molar-refractivity contribution >= 4 is 29.0 Å². The van der Waals surface area contributed by atoms with Gasteiger partial charge in [0.2, 0.25) is 0 Å². The van der Waals surface area contributed by atoms with E-state index in [1.54, 1.807) is 17.0 Å². The second-order valence-corrected chi connectivity index (χ2v) is 10.3. The number of fused-ring (bicyclic) bond motifs is 1. The number of anilines is 2. The van der Waals surface area contributed by atoms with Gasteiger partial charge < -0.3 is 10.1 Å². The van der Waals surface area contributed by atoms with Gasteiger partial charge in [0.05, 0.1) is 22.9 Å². The summed E-state index contributed by atoms with van der Waals surface area (Å²) in [6, 6.07) is 22.1. The number of nitrogens with zero attached hydrogens (tertiary/aromatic N) is 1. The Labute approximate surface area is 213 Å². The highest BCUT2D eigenvalue weighted by molar-refractivity contribution is 6.33. The van der Waals surface area contributed by atoms with Crippen molar-refractivity contribution in [1.82, 2.24) is 0 Å². The number of halogens is 1. The van der Waals surface area contributed by atoms with E-state index in [9.17, 15) is 4.79 Å². The Morgan fingerprint density at radius 1 is 1.00 bits per heavy atom. The first kappa shape index (κ1) is 23.7. The zero-order chi connectivity index (χ0) is 24.4. The summed E-state index contributed by atoms with van der Waals surface area (Å²) >= 11 is 6.24. The van der Waals surface area contributed by atoms with Crippen molar-refractivity contribution < 1.29 is 9.53 Å². The zero-order valence-corrected chi connectivity index (χ0v) is 21.2. The van der Waals surface area contributed by atoms with Crippen molar-refractivity contribution in [2.45, 2.75) is 58.0 Å². The van der Waals surface area contributed by atoms with Crippen molar-refractivity contribution in [3.05, 3.63) is 77.3 Å². The minimum atomic E-state index is -0.218. The van der Waals surface area contributed by atoms with Gasteiger partial charge in [0, 0.05) is 0 Å². The number of hydrogen-bond acceptors (Lipinski definition) is 2. The van der Waals surface area contributed by atoms with Crippen LogP contribution in [-0.4, -0.2) is 18.7 Å². The molecular weight excluding hydrogens is 456 g/mol. The summed E-state index contributed by atoms with van der Waals surface area (Å²) in [6.45, 7) is 4.76. The molecule has 0 spiro atoms. The highest BCUT2D eigenvalue weighted by Crippen LogP contribution is 2.40. The van der Waals surface area contributed by atoms with Gasteiger partial charge in [-0.25, -0.2) is 4.79 Å². The molecular formula is C30H33ClN2O2. The first-order chi connectivity index (χ1) is 17.0. The first-order valence-electron chi connectivity index (χ1n) is 12.8. The lowest BCUT2D eigenvalue weighted by molar-refractivity contribution is 0.209. The largest absolute Gasteiger partial charge is 0.487 e. The Hall–Kier alpha value is -2.98. The molecule has 2 aliphatic rings. The van der Waals surface area contributed by atoms with Crippen LogP contribution in [0.15, 0.2) is 66.7 Å². The van der Waals surface area contributed by atoms with Gasteiger partial charge in [-0.2, -0.15) is 0 Å². The first-order valence-corrected chi connectivity index (χ1v) is 13.1. The van der Waals surface area contributed by atoms with Gasteiger partial charge in [-0.3, -0.25) is 4.90 Å². The van der Waals surface area contributed by atoms with E-state index >= 15 is 0 Å².